The second kappa shape index (κ2) is 4.65. The van der Waals surface area contributed by atoms with Crippen molar-refractivity contribution in [1.82, 2.24) is 10.4 Å². The fourth-order valence-corrected chi connectivity index (χ4v) is 1.54. The summed E-state index contributed by atoms with van der Waals surface area (Å²) >= 11 is 0. The number of hydrogen-bond donors (Lipinski definition) is 1. The Morgan fingerprint density at radius 1 is 1.53 bits per heavy atom. The zero-order chi connectivity index (χ0) is 12.3. The van der Waals surface area contributed by atoms with Crippen LogP contribution in [0.2, 0.25) is 0 Å². The highest BCUT2D eigenvalue weighted by atomic mass is 16.5. The van der Waals surface area contributed by atoms with E-state index >= 15 is 0 Å². The smallest absolute Gasteiger partial charge is 0.249 e. The molecule has 0 fully saturated rings. The van der Waals surface area contributed by atoms with Gasteiger partial charge in [-0.1, -0.05) is 6.07 Å². The van der Waals surface area contributed by atoms with E-state index in [4.69, 9.17) is 15.0 Å². The van der Waals surface area contributed by atoms with Gasteiger partial charge in [0.1, 0.15) is 5.75 Å². The normalized spacial score (nSPS) is 10.2. The van der Waals surface area contributed by atoms with Crippen molar-refractivity contribution in [2.24, 2.45) is 5.73 Å². The molecule has 1 amide bonds. The first-order valence-electron chi connectivity index (χ1n) is 5.07. The number of primary amides is 1. The SMILES string of the molecule is CCOc1cccc(C(N)=O)c1-c1cnno1. The summed E-state index contributed by atoms with van der Waals surface area (Å²) in [5, 5.41) is 6.94. The highest BCUT2D eigenvalue weighted by Gasteiger charge is 2.18. The molecule has 0 atom stereocenters. The van der Waals surface area contributed by atoms with Gasteiger partial charge in [-0.2, -0.15) is 0 Å². The molecular weight excluding hydrogens is 222 g/mol. The van der Waals surface area contributed by atoms with Gasteiger partial charge in [-0.25, -0.2) is 0 Å². The van der Waals surface area contributed by atoms with Crippen LogP contribution in [0.1, 0.15) is 17.3 Å². The first kappa shape index (κ1) is 11.1. The minimum Gasteiger partial charge on any atom is -0.493 e. The number of aromatic nitrogens is 2. The lowest BCUT2D eigenvalue weighted by Crippen LogP contribution is -2.13. The lowest BCUT2D eigenvalue weighted by atomic mass is 10.0. The second-order valence-electron chi connectivity index (χ2n) is 3.26. The number of rotatable bonds is 4. The summed E-state index contributed by atoms with van der Waals surface area (Å²) in [6.45, 7) is 2.32. The Balaban J connectivity index is 2.62. The molecule has 6 nitrogen and oxygen atoms in total. The summed E-state index contributed by atoms with van der Waals surface area (Å²) < 4.78 is 10.4. The average molecular weight is 233 g/mol. The molecule has 0 saturated heterocycles. The maximum Gasteiger partial charge on any atom is 0.249 e. The number of nitrogens with zero attached hydrogens (tertiary/aromatic N) is 2. The Labute approximate surface area is 97.4 Å². The van der Waals surface area contributed by atoms with E-state index in [2.05, 4.69) is 10.4 Å². The third-order valence-corrected chi connectivity index (χ3v) is 2.20. The number of hydrogen-bond acceptors (Lipinski definition) is 5. The fourth-order valence-electron chi connectivity index (χ4n) is 1.54. The van der Waals surface area contributed by atoms with Crippen molar-refractivity contribution >= 4 is 5.91 Å². The first-order valence-corrected chi connectivity index (χ1v) is 5.07. The summed E-state index contributed by atoms with van der Waals surface area (Å²) in [6, 6.07) is 5.02. The van der Waals surface area contributed by atoms with Crippen molar-refractivity contribution in [3.05, 3.63) is 30.0 Å². The Morgan fingerprint density at radius 2 is 2.35 bits per heavy atom. The van der Waals surface area contributed by atoms with Crippen molar-refractivity contribution in [2.45, 2.75) is 6.92 Å². The molecule has 0 radical (unpaired) electrons. The van der Waals surface area contributed by atoms with Crippen LogP contribution < -0.4 is 10.5 Å². The van der Waals surface area contributed by atoms with Gasteiger partial charge in [0.2, 0.25) is 5.91 Å². The fraction of sp³-hybridized carbons (Fsp3) is 0.182. The second-order valence-corrected chi connectivity index (χ2v) is 3.26. The zero-order valence-electron chi connectivity index (χ0n) is 9.21. The number of amides is 1. The first-order chi connectivity index (χ1) is 8.24. The largest absolute Gasteiger partial charge is 0.493 e. The summed E-state index contributed by atoms with van der Waals surface area (Å²) in [4.78, 5) is 11.4. The molecule has 1 aromatic heterocycles. The van der Waals surface area contributed by atoms with E-state index in [0.29, 0.717) is 29.2 Å². The van der Waals surface area contributed by atoms with Crippen LogP contribution in [0, 0.1) is 0 Å². The molecule has 0 aliphatic carbocycles. The molecule has 0 saturated carbocycles. The van der Waals surface area contributed by atoms with Gasteiger partial charge in [-0.3, -0.25) is 4.79 Å². The van der Waals surface area contributed by atoms with E-state index in [1.807, 2.05) is 6.92 Å². The quantitative estimate of drug-likeness (QED) is 0.857. The average Bonchev–Trinajstić information content (AvgIpc) is 2.82. The van der Waals surface area contributed by atoms with Crippen molar-refractivity contribution in [2.75, 3.05) is 6.61 Å². The van der Waals surface area contributed by atoms with Crippen LogP contribution in [0.3, 0.4) is 0 Å². The van der Waals surface area contributed by atoms with Crippen LogP contribution in [0.4, 0.5) is 0 Å². The van der Waals surface area contributed by atoms with Crippen molar-refractivity contribution in [1.29, 1.82) is 0 Å². The molecule has 1 aromatic carbocycles. The monoisotopic (exact) mass is 233 g/mol. The van der Waals surface area contributed by atoms with Crippen LogP contribution in [-0.2, 0) is 0 Å². The molecule has 1 heterocycles. The lowest BCUT2D eigenvalue weighted by molar-refractivity contribution is 0.1000. The lowest BCUT2D eigenvalue weighted by Gasteiger charge is -2.10. The van der Waals surface area contributed by atoms with Gasteiger partial charge in [-0.05, 0) is 19.1 Å². The Morgan fingerprint density at radius 3 is 2.94 bits per heavy atom. The summed E-state index contributed by atoms with van der Waals surface area (Å²) in [6.07, 6.45) is 1.41. The van der Waals surface area contributed by atoms with Crippen LogP contribution >= 0.6 is 0 Å². The number of ether oxygens (including phenoxy) is 1. The topological polar surface area (TPSA) is 91.2 Å². The number of nitrogens with two attached hydrogens (primary N) is 1. The van der Waals surface area contributed by atoms with Crippen LogP contribution in [0.5, 0.6) is 5.75 Å². The molecule has 17 heavy (non-hydrogen) atoms. The van der Waals surface area contributed by atoms with Gasteiger partial charge in [-0.15, -0.1) is 5.10 Å². The van der Waals surface area contributed by atoms with E-state index in [1.165, 1.54) is 6.20 Å². The van der Waals surface area contributed by atoms with Crippen LogP contribution in [0.25, 0.3) is 11.3 Å². The molecular formula is C11H11N3O3. The van der Waals surface area contributed by atoms with Gasteiger partial charge in [0.25, 0.3) is 0 Å². The number of carbonyl (C=O) groups is 1. The molecule has 0 unspecified atom stereocenters. The third-order valence-electron chi connectivity index (χ3n) is 2.20. The molecule has 2 aromatic rings. The third kappa shape index (κ3) is 2.10. The Hall–Kier alpha value is -2.37. The van der Waals surface area contributed by atoms with Crippen LogP contribution in [0.15, 0.2) is 28.9 Å². The predicted octanol–water partition coefficient (Wildman–Crippen LogP) is 1.23. The van der Waals surface area contributed by atoms with Gasteiger partial charge in [0.15, 0.2) is 5.76 Å². The van der Waals surface area contributed by atoms with Gasteiger partial charge in [0, 0.05) is 5.27 Å². The van der Waals surface area contributed by atoms with Crippen LogP contribution in [-0.4, -0.2) is 22.9 Å². The van der Waals surface area contributed by atoms with Gasteiger partial charge in [0.05, 0.1) is 23.9 Å². The molecule has 0 bridgehead atoms. The van der Waals surface area contributed by atoms with Gasteiger partial charge >= 0.3 is 0 Å². The Bertz CT molecular complexity index is 523. The molecule has 0 spiro atoms. The Kier molecular flexibility index (Phi) is 3.04. The van der Waals surface area contributed by atoms with E-state index in [9.17, 15) is 4.79 Å². The minimum absolute atomic E-state index is 0.314. The predicted molar refractivity (Wildman–Crippen MR) is 59.4 cm³/mol. The summed E-state index contributed by atoms with van der Waals surface area (Å²) in [5.74, 6) is 0.308. The maximum atomic E-state index is 11.4. The number of carbonyl (C=O) groups excluding carboxylic acids is 1. The van der Waals surface area contributed by atoms with Crippen molar-refractivity contribution in [3.63, 3.8) is 0 Å². The minimum atomic E-state index is -0.557. The van der Waals surface area contributed by atoms with Crippen molar-refractivity contribution in [3.8, 4) is 17.1 Å². The summed E-state index contributed by atoms with van der Waals surface area (Å²) in [7, 11) is 0. The molecule has 6 heteroatoms. The summed E-state index contributed by atoms with van der Waals surface area (Å²) in [5.41, 5.74) is 6.10. The van der Waals surface area contributed by atoms with E-state index in [0.717, 1.165) is 0 Å². The standard InChI is InChI=1S/C11H11N3O3/c1-2-16-8-5-3-4-7(11(12)15)10(8)9-6-13-14-17-9/h3-6H,2H2,1H3,(H2,12,15). The van der Waals surface area contributed by atoms with E-state index < -0.39 is 5.91 Å². The molecule has 88 valence electrons. The van der Waals surface area contributed by atoms with E-state index in [-0.39, 0.29) is 0 Å². The molecule has 2 rings (SSSR count). The zero-order valence-corrected chi connectivity index (χ0v) is 9.21. The maximum absolute atomic E-state index is 11.4. The molecule has 0 aliphatic heterocycles. The molecule has 0 aliphatic rings. The number of benzene rings is 1. The van der Waals surface area contributed by atoms with Crippen molar-refractivity contribution < 1.29 is 14.1 Å². The molecule has 2 N–H and O–H groups in total. The highest BCUT2D eigenvalue weighted by molar-refractivity contribution is 6.00. The highest BCUT2D eigenvalue weighted by Crippen LogP contribution is 2.32. The van der Waals surface area contributed by atoms with Gasteiger partial charge < -0.3 is 15.0 Å². The van der Waals surface area contributed by atoms with E-state index in [1.54, 1.807) is 18.2 Å².